The minimum absolute atomic E-state index is 0.271. The van der Waals surface area contributed by atoms with E-state index in [0.717, 1.165) is 15.3 Å². The molecule has 1 amide bonds. The van der Waals surface area contributed by atoms with Crippen LogP contribution in [-0.4, -0.2) is 32.6 Å². The van der Waals surface area contributed by atoms with Crippen molar-refractivity contribution in [1.29, 1.82) is 0 Å². The van der Waals surface area contributed by atoms with Gasteiger partial charge in [-0.1, -0.05) is 0 Å². The fraction of sp³-hybridized carbons (Fsp3) is 0.111. The molecule has 9 heteroatoms. The maximum absolute atomic E-state index is 12.8. The molecule has 0 aliphatic rings. The van der Waals surface area contributed by atoms with Crippen LogP contribution in [0.3, 0.4) is 0 Å². The van der Waals surface area contributed by atoms with E-state index in [0.29, 0.717) is 28.5 Å². The molecule has 0 saturated heterocycles. The molecular weight excluding hydrogens is 364 g/mol. The molecule has 0 aromatic carbocycles. The van der Waals surface area contributed by atoms with Gasteiger partial charge in [0, 0.05) is 12.4 Å². The van der Waals surface area contributed by atoms with Crippen LogP contribution < -0.4 is 15.8 Å². The first-order valence-corrected chi connectivity index (χ1v) is 8.88. The van der Waals surface area contributed by atoms with Gasteiger partial charge in [0.15, 0.2) is 0 Å². The second-order valence-electron chi connectivity index (χ2n) is 5.82. The Balaban J connectivity index is 1.70. The summed E-state index contributed by atoms with van der Waals surface area (Å²) in [4.78, 5) is 22.8. The Morgan fingerprint density at radius 3 is 3.00 bits per heavy atom. The zero-order chi connectivity index (χ0) is 19.0. The Labute approximate surface area is 158 Å². The van der Waals surface area contributed by atoms with Crippen LogP contribution in [-0.2, 0) is 0 Å². The summed E-state index contributed by atoms with van der Waals surface area (Å²) in [5.74, 6) is 0.251. The number of pyridine rings is 2. The molecule has 4 aromatic rings. The zero-order valence-electron chi connectivity index (χ0n) is 14.6. The van der Waals surface area contributed by atoms with Gasteiger partial charge in [0.2, 0.25) is 5.88 Å². The second-order valence-corrected chi connectivity index (χ2v) is 6.85. The summed E-state index contributed by atoms with van der Waals surface area (Å²) in [6.45, 7) is 1.81. The van der Waals surface area contributed by atoms with Gasteiger partial charge < -0.3 is 15.8 Å². The molecule has 8 nitrogen and oxygen atoms in total. The number of aromatic nitrogens is 4. The number of carbonyl (C=O) groups excluding carboxylic acids is 1. The topological polar surface area (TPSA) is 107 Å². The van der Waals surface area contributed by atoms with Crippen molar-refractivity contribution in [3.63, 3.8) is 0 Å². The van der Waals surface area contributed by atoms with E-state index < -0.39 is 0 Å². The van der Waals surface area contributed by atoms with E-state index in [4.69, 9.17) is 10.5 Å². The van der Waals surface area contributed by atoms with Crippen molar-refractivity contribution >= 4 is 33.4 Å². The fourth-order valence-corrected chi connectivity index (χ4v) is 3.75. The SMILES string of the molecule is COc1ncccc1-c1cn2ncc(C(=O)Nc3cc(N)cnc3C)c2s1. The smallest absolute Gasteiger partial charge is 0.260 e. The van der Waals surface area contributed by atoms with Gasteiger partial charge in [-0.2, -0.15) is 5.10 Å². The number of aryl methyl sites for hydroxylation is 1. The van der Waals surface area contributed by atoms with Gasteiger partial charge in [0.1, 0.15) is 4.83 Å². The first-order valence-electron chi connectivity index (χ1n) is 8.07. The van der Waals surface area contributed by atoms with Gasteiger partial charge in [0.05, 0.1) is 52.6 Å². The van der Waals surface area contributed by atoms with Gasteiger partial charge in [-0.3, -0.25) is 9.78 Å². The predicted octanol–water partition coefficient (Wildman–Crippen LogP) is 3.00. The third-order valence-electron chi connectivity index (χ3n) is 4.03. The highest BCUT2D eigenvalue weighted by Gasteiger charge is 2.18. The van der Waals surface area contributed by atoms with Crippen molar-refractivity contribution in [2.75, 3.05) is 18.2 Å². The number of thiazole rings is 1. The summed E-state index contributed by atoms with van der Waals surface area (Å²) >= 11 is 1.44. The standard InChI is InChI=1S/C18H16N6O2S/c1-10-14(6-11(19)7-21-10)23-16(25)13-8-22-24-9-15(27-18(13)24)12-4-3-5-20-17(12)26-2/h3-9H,19H2,1-2H3,(H,23,25). The summed E-state index contributed by atoms with van der Waals surface area (Å²) in [6, 6.07) is 5.43. The van der Waals surface area contributed by atoms with Crippen LogP contribution in [0.2, 0.25) is 0 Å². The minimum atomic E-state index is -0.271. The van der Waals surface area contributed by atoms with Crippen molar-refractivity contribution in [2.24, 2.45) is 0 Å². The lowest BCUT2D eigenvalue weighted by molar-refractivity contribution is 0.102. The number of carbonyl (C=O) groups is 1. The second kappa shape index (κ2) is 6.69. The van der Waals surface area contributed by atoms with Crippen LogP contribution in [0, 0.1) is 6.92 Å². The van der Waals surface area contributed by atoms with Gasteiger partial charge in [0.25, 0.3) is 5.91 Å². The van der Waals surface area contributed by atoms with Crippen molar-refractivity contribution in [2.45, 2.75) is 6.92 Å². The van der Waals surface area contributed by atoms with E-state index in [2.05, 4.69) is 20.4 Å². The number of ether oxygens (including phenoxy) is 1. The molecule has 0 bridgehead atoms. The molecule has 0 fully saturated rings. The summed E-state index contributed by atoms with van der Waals surface area (Å²) in [5.41, 5.74) is 8.82. The van der Waals surface area contributed by atoms with Crippen molar-refractivity contribution < 1.29 is 9.53 Å². The molecule has 0 unspecified atom stereocenters. The van der Waals surface area contributed by atoms with Crippen molar-refractivity contribution in [3.8, 4) is 16.3 Å². The molecule has 4 rings (SSSR count). The summed E-state index contributed by atoms with van der Waals surface area (Å²) in [6.07, 6.45) is 6.61. The van der Waals surface area contributed by atoms with Crippen LogP contribution in [0.15, 0.2) is 43.0 Å². The molecule has 0 spiro atoms. The number of nitrogens with two attached hydrogens (primary N) is 1. The summed E-state index contributed by atoms with van der Waals surface area (Å²) in [7, 11) is 1.57. The molecule has 0 radical (unpaired) electrons. The quantitative estimate of drug-likeness (QED) is 0.563. The monoisotopic (exact) mass is 380 g/mol. The average Bonchev–Trinajstić information content (AvgIpc) is 3.25. The number of nitrogens with one attached hydrogen (secondary N) is 1. The van der Waals surface area contributed by atoms with Crippen molar-refractivity contribution in [3.05, 3.63) is 54.2 Å². The zero-order valence-corrected chi connectivity index (χ0v) is 15.4. The largest absolute Gasteiger partial charge is 0.481 e. The Hall–Kier alpha value is -3.46. The summed E-state index contributed by atoms with van der Waals surface area (Å²) in [5, 5.41) is 7.14. The lowest BCUT2D eigenvalue weighted by Gasteiger charge is -2.07. The number of hydrogen-bond donors (Lipinski definition) is 2. The Bertz CT molecular complexity index is 1150. The Kier molecular flexibility index (Phi) is 4.21. The van der Waals surface area contributed by atoms with E-state index in [9.17, 15) is 4.79 Å². The number of rotatable bonds is 4. The van der Waals surface area contributed by atoms with E-state index in [-0.39, 0.29) is 5.91 Å². The first kappa shape index (κ1) is 17.0. The molecule has 4 heterocycles. The van der Waals surface area contributed by atoms with Gasteiger partial charge in [-0.15, -0.1) is 11.3 Å². The minimum Gasteiger partial charge on any atom is -0.481 e. The number of nitrogens with zero attached hydrogens (tertiary/aromatic N) is 4. The number of anilines is 2. The molecule has 0 atom stereocenters. The Morgan fingerprint density at radius 1 is 1.33 bits per heavy atom. The van der Waals surface area contributed by atoms with Gasteiger partial charge >= 0.3 is 0 Å². The number of methoxy groups -OCH3 is 1. The predicted molar refractivity (Wildman–Crippen MR) is 104 cm³/mol. The first-order chi connectivity index (χ1) is 13.1. The van der Waals surface area contributed by atoms with Crippen LogP contribution >= 0.6 is 11.3 Å². The van der Waals surface area contributed by atoms with E-state index in [1.807, 2.05) is 18.3 Å². The lowest BCUT2D eigenvalue weighted by atomic mass is 10.2. The molecule has 27 heavy (non-hydrogen) atoms. The fourth-order valence-electron chi connectivity index (χ4n) is 2.67. The highest BCUT2D eigenvalue weighted by Crippen LogP contribution is 2.35. The number of fused-ring (bicyclic) bond motifs is 1. The van der Waals surface area contributed by atoms with Gasteiger partial charge in [-0.05, 0) is 25.1 Å². The molecule has 0 aliphatic carbocycles. The Morgan fingerprint density at radius 2 is 2.19 bits per heavy atom. The van der Waals surface area contributed by atoms with Crippen LogP contribution in [0.25, 0.3) is 15.3 Å². The maximum Gasteiger partial charge on any atom is 0.260 e. The van der Waals surface area contributed by atoms with E-state index in [1.54, 1.807) is 43.2 Å². The number of hydrogen-bond acceptors (Lipinski definition) is 7. The maximum atomic E-state index is 12.8. The number of nitrogen functional groups attached to an aromatic ring is 1. The van der Waals surface area contributed by atoms with Crippen LogP contribution in [0.5, 0.6) is 5.88 Å². The summed E-state index contributed by atoms with van der Waals surface area (Å²) < 4.78 is 6.99. The molecule has 0 saturated carbocycles. The number of amides is 1. The van der Waals surface area contributed by atoms with Crippen LogP contribution in [0.1, 0.15) is 16.1 Å². The third-order valence-corrected chi connectivity index (χ3v) is 5.17. The van der Waals surface area contributed by atoms with Gasteiger partial charge in [-0.25, -0.2) is 9.50 Å². The highest BCUT2D eigenvalue weighted by molar-refractivity contribution is 7.21. The van der Waals surface area contributed by atoms with Crippen molar-refractivity contribution in [1.82, 2.24) is 19.6 Å². The molecule has 136 valence electrons. The molecule has 4 aromatic heterocycles. The highest BCUT2D eigenvalue weighted by atomic mass is 32.1. The average molecular weight is 380 g/mol. The third kappa shape index (κ3) is 3.08. The van der Waals surface area contributed by atoms with E-state index >= 15 is 0 Å². The normalized spacial score (nSPS) is 10.9. The lowest BCUT2D eigenvalue weighted by Crippen LogP contribution is -2.13. The molecule has 0 aliphatic heterocycles. The molecular formula is C18H16N6O2S. The van der Waals surface area contributed by atoms with Crippen LogP contribution in [0.4, 0.5) is 11.4 Å². The molecule has 3 N–H and O–H groups in total. The van der Waals surface area contributed by atoms with E-state index in [1.165, 1.54) is 11.3 Å².